The minimum atomic E-state index is -5.08. The summed E-state index contributed by atoms with van der Waals surface area (Å²) < 4.78 is 49.7. The van der Waals surface area contributed by atoms with Crippen LogP contribution in [0.4, 0.5) is 19.1 Å². The average Bonchev–Trinajstić information content (AvgIpc) is 3.65. The summed E-state index contributed by atoms with van der Waals surface area (Å²) in [7, 11) is 3.29. The summed E-state index contributed by atoms with van der Waals surface area (Å²) in [5.41, 5.74) is 2.56. The lowest BCUT2D eigenvalue weighted by Crippen LogP contribution is -2.37. The molecule has 0 bridgehead atoms. The maximum absolute atomic E-state index is 13.4. The summed E-state index contributed by atoms with van der Waals surface area (Å²) >= 11 is 0. The van der Waals surface area contributed by atoms with Crippen molar-refractivity contribution in [2.45, 2.75) is 25.6 Å². The molecule has 39 heavy (non-hydrogen) atoms. The smallest absolute Gasteiger partial charge is 0.475 e. The zero-order valence-electron chi connectivity index (χ0n) is 22.0. The largest absolute Gasteiger partial charge is 0.490 e. The maximum Gasteiger partial charge on any atom is 0.490 e. The van der Waals surface area contributed by atoms with Crippen LogP contribution in [0.25, 0.3) is 11.1 Å². The fourth-order valence-electron chi connectivity index (χ4n) is 3.85. The van der Waals surface area contributed by atoms with E-state index in [0.29, 0.717) is 51.1 Å². The van der Waals surface area contributed by atoms with Gasteiger partial charge in [-0.05, 0) is 24.8 Å². The molecule has 14 heteroatoms. The first kappa shape index (κ1) is 30.3. The van der Waals surface area contributed by atoms with Gasteiger partial charge in [0.15, 0.2) is 0 Å². The minimum absolute atomic E-state index is 0.00291. The first-order chi connectivity index (χ1) is 18.6. The van der Waals surface area contributed by atoms with Crippen molar-refractivity contribution in [1.29, 1.82) is 0 Å². The Balaban J connectivity index is 0.000000532. The van der Waals surface area contributed by atoms with Gasteiger partial charge < -0.3 is 33.7 Å². The molecule has 1 N–H and O–H groups in total. The van der Waals surface area contributed by atoms with E-state index in [4.69, 9.17) is 24.1 Å². The Hall–Kier alpha value is -3.23. The monoisotopic (exact) mass is 557 g/mol. The molecule has 2 aromatic heterocycles. The third-order valence-electron chi connectivity index (χ3n) is 6.19. The van der Waals surface area contributed by atoms with Crippen molar-refractivity contribution in [2.75, 3.05) is 71.7 Å². The van der Waals surface area contributed by atoms with Crippen LogP contribution in [0, 0.1) is 5.92 Å². The number of amides is 1. The predicted molar refractivity (Wildman–Crippen MR) is 135 cm³/mol. The number of rotatable bonds is 11. The van der Waals surface area contributed by atoms with Crippen LogP contribution in [0.2, 0.25) is 0 Å². The molecular weight excluding hydrogens is 523 g/mol. The molecule has 0 radical (unpaired) electrons. The summed E-state index contributed by atoms with van der Waals surface area (Å²) in [4.78, 5) is 35.4. The third kappa shape index (κ3) is 9.18. The zero-order valence-corrected chi connectivity index (χ0v) is 22.0. The molecule has 1 saturated carbocycles. The molecule has 0 unspecified atom stereocenters. The lowest BCUT2D eigenvalue weighted by Gasteiger charge is -2.26. The number of carbonyl (C=O) groups is 2. The Morgan fingerprint density at radius 1 is 1.08 bits per heavy atom. The van der Waals surface area contributed by atoms with Crippen molar-refractivity contribution in [3.63, 3.8) is 0 Å². The Bertz CT molecular complexity index is 1060. The number of halogens is 3. The standard InChI is InChI=1S/C23H33N5O4.C2HF3O2/c1-30-9-5-26(6-10-31-2)22(29)21-13-19(17-28(21)16-18-3-4-18)20-14-24-23(25-15-20)27-7-11-32-12-8-27;3-2(4,5)1(6)7/h13-15,17-18H,3-12,16H2,1-2H3;(H,6,7). The van der Waals surface area contributed by atoms with E-state index in [2.05, 4.69) is 25.6 Å². The van der Waals surface area contributed by atoms with Crippen molar-refractivity contribution in [3.8, 4) is 11.1 Å². The van der Waals surface area contributed by atoms with E-state index < -0.39 is 12.1 Å². The number of aromatic nitrogens is 3. The number of carboxylic acids is 1. The highest BCUT2D eigenvalue weighted by molar-refractivity contribution is 5.94. The molecule has 2 aromatic rings. The topological polar surface area (TPSA) is 119 Å². The van der Waals surface area contributed by atoms with Crippen molar-refractivity contribution in [3.05, 3.63) is 30.4 Å². The summed E-state index contributed by atoms with van der Waals surface area (Å²) in [6, 6.07) is 1.96. The van der Waals surface area contributed by atoms with Gasteiger partial charge in [0.2, 0.25) is 5.95 Å². The maximum atomic E-state index is 13.4. The molecule has 3 heterocycles. The van der Waals surface area contributed by atoms with E-state index in [9.17, 15) is 18.0 Å². The molecule has 1 aliphatic carbocycles. The van der Waals surface area contributed by atoms with Crippen LogP contribution >= 0.6 is 0 Å². The number of morpholine rings is 1. The van der Waals surface area contributed by atoms with Crippen molar-refractivity contribution in [2.24, 2.45) is 5.92 Å². The molecular formula is C25H34F3N5O6. The highest BCUT2D eigenvalue weighted by atomic mass is 19.4. The quantitative estimate of drug-likeness (QED) is 0.445. The van der Waals surface area contributed by atoms with E-state index in [-0.39, 0.29) is 5.91 Å². The summed E-state index contributed by atoms with van der Waals surface area (Å²) in [5, 5.41) is 7.12. The normalized spacial score (nSPS) is 15.5. The molecule has 216 valence electrons. The van der Waals surface area contributed by atoms with Gasteiger partial charge in [0.05, 0.1) is 26.4 Å². The Labute approximate surface area is 224 Å². The summed E-state index contributed by atoms with van der Waals surface area (Å²) in [5.74, 6) is -1.39. The van der Waals surface area contributed by atoms with Crippen molar-refractivity contribution < 1.29 is 42.1 Å². The molecule has 11 nitrogen and oxygen atoms in total. The van der Waals surface area contributed by atoms with Gasteiger partial charge >= 0.3 is 12.1 Å². The number of alkyl halides is 3. The number of nitrogens with zero attached hydrogens (tertiary/aromatic N) is 5. The predicted octanol–water partition coefficient (Wildman–Crippen LogP) is 2.56. The van der Waals surface area contributed by atoms with Gasteiger partial charge in [-0.1, -0.05) is 0 Å². The number of hydrogen-bond donors (Lipinski definition) is 1. The molecule has 1 aliphatic heterocycles. The van der Waals surface area contributed by atoms with Crippen LogP contribution < -0.4 is 4.90 Å². The third-order valence-corrected chi connectivity index (χ3v) is 6.19. The van der Waals surface area contributed by atoms with Gasteiger partial charge in [-0.3, -0.25) is 4.79 Å². The first-order valence-electron chi connectivity index (χ1n) is 12.6. The van der Waals surface area contributed by atoms with Crippen LogP contribution in [-0.2, 0) is 25.5 Å². The van der Waals surface area contributed by atoms with Gasteiger partial charge in [0.25, 0.3) is 5.91 Å². The highest BCUT2D eigenvalue weighted by Crippen LogP contribution is 2.33. The number of ether oxygens (including phenoxy) is 3. The molecule has 4 rings (SSSR count). The second-order valence-electron chi connectivity index (χ2n) is 9.16. The summed E-state index contributed by atoms with van der Waals surface area (Å²) in [6.45, 7) is 5.89. The van der Waals surface area contributed by atoms with E-state index >= 15 is 0 Å². The number of carbonyl (C=O) groups excluding carboxylic acids is 1. The number of carboxylic acid groups (broad SMARTS) is 1. The molecule has 0 atom stereocenters. The Morgan fingerprint density at radius 2 is 1.64 bits per heavy atom. The lowest BCUT2D eigenvalue weighted by atomic mass is 10.2. The Kier molecular flexibility index (Phi) is 11.1. The molecule has 0 spiro atoms. The van der Waals surface area contributed by atoms with Gasteiger partial charge in [-0.25, -0.2) is 14.8 Å². The molecule has 0 aromatic carbocycles. The molecule has 1 saturated heterocycles. The molecule has 1 amide bonds. The van der Waals surface area contributed by atoms with Crippen LogP contribution in [0.1, 0.15) is 23.3 Å². The van der Waals surface area contributed by atoms with Crippen LogP contribution in [0.15, 0.2) is 24.7 Å². The van der Waals surface area contributed by atoms with Gasteiger partial charge in [-0.2, -0.15) is 13.2 Å². The fourth-order valence-corrected chi connectivity index (χ4v) is 3.85. The number of anilines is 1. The Morgan fingerprint density at radius 3 is 2.13 bits per heavy atom. The van der Waals surface area contributed by atoms with Crippen molar-refractivity contribution >= 4 is 17.8 Å². The number of methoxy groups -OCH3 is 2. The van der Waals surface area contributed by atoms with Crippen LogP contribution in [0.5, 0.6) is 0 Å². The van der Waals surface area contributed by atoms with Crippen molar-refractivity contribution in [1.82, 2.24) is 19.4 Å². The lowest BCUT2D eigenvalue weighted by molar-refractivity contribution is -0.192. The van der Waals surface area contributed by atoms with E-state index in [1.165, 1.54) is 12.8 Å². The van der Waals surface area contributed by atoms with Crippen LogP contribution in [-0.4, -0.2) is 109 Å². The summed E-state index contributed by atoms with van der Waals surface area (Å²) in [6.07, 6.45) is 3.10. The van der Waals surface area contributed by atoms with Crippen LogP contribution in [0.3, 0.4) is 0 Å². The fraction of sp³-hybridized carbons (Fsp3) is 0.600. The van der Waals surface area contributed by atoms with E-state index in [1.54, 1.807) is 19.1 Å². The zero-order chi connectivity index (χ0) is 28.4. The second kappa shape index (κ2) is 14.2. The van der Waals surface area contributed by atoms with Gasteiger partial charge in [-0.15, -0.1) is 0 Å². The highest BCUT2D eigenvalue weighted by Gasteiger charge is 2.38. The van der Waals surface area contributed by atoms with E-state index in [0.717, 1.165) is 36.7 Å². The number of aliphatic carboxylic acids is 1. The molecule has 2 fully saturated rings. The SMILES string of the molecule is COCCN(CCOC)C(=O)c1cc(-c2cnc(N3CCOCC3)nc2)cn1CC1CC1.O=C(O)C(F)(F)F. The molecule has 2 aliphatic rings. The van der Waals surface area contributed by atoms with Gasteiger partial charge in [0, 0.05) is 76.7 Å². The number of hydrogen-bond acceptors (Lipinski definition) is 8. The second-order valence-corrected chi connectivity index (χ2v) is 9.16. The average molecular weight is 558 g/mol. The minimum Gasteiger partial charge on any atom is -0.475 e. The first-order valence-corrected chi connectivity index (χ1v) is 12.6. The van der Waals surface area contributed by atoms with E-state index in [1.807, 2.05) is 18.5 Å². The van der Waals surface area contributed by atoms with Gasteiger partial charge in [0.1, 0.15) is 5.69 Å².